The van der Waals surface area contributed by atoms with Gasteiger partial charge in [-0.3, -0.25) is 4.98 Å². The second-order valence-electron chi connectivity index (χ2n) is 3.38. The molecule has 0 aliphatic carbocycles. The van der Waals surface area contributed by atoms with E-state index in [4.69, 9.17) is 16.3 Å². The zero-order valence-electron chi connectivity index (χ0n) is 9.25. The van der Waals surface area contributed by atoms with Crippen LogP contribution >= 0.6 is 11.6 Å². The van der Waals surface area contributed by atoms with Gasteiger partial charge >= 0.3 is 0 Å². The van der Waals surface area contributed by atoms with Gasteiger partial charge in [-0.25, -0.2) is 4.98 Å². The second kappa shape index (κ2) is 5.88. The van der Waals surface area contributed by atoms with Gasteiger partial charge in [-0.1, -0.05) is 0 Å². The van der Waals surface area contributed by atoms with Crippen molar-refractivity contribution >= 4 is 17.4 Å². The summed E-state index contributed by atoms with van der Waals surface area (Å²) in [6.07, 6.45) is 1.74. The zero-order chi connectivity index (χ0) is 11.3. The molecule has 1 N–H and O–H groups in total. The summed E-state index contributed by atoms with van der Waals surface area (Å²) in [7, 11) is 1.63. The number of rotatable bonds is 5. The Morgan fingerprint density at radius 2 is 2.27 bits per heavy atom. The smallest absolute Gasteiger partial charge is 0.147 e. The molecule has 0 radical (unpaired) electrons. The minimum Gasteiger partial charge on any atom is -0.383 e. The molecule has 1 aromatic heterocycles. The fraction of sp³-hybridized carbons (Fsp3) is 0.600. The Morgan fingerprint density at radius 1 is 1.53 bits per heavy atom. The molecule has 4 nitrogen and oxygen atoms in total. The van der Waals surface area contributed by atoms with Crippen LogP contribution in [0.2, 0.25) is 0 Å². The van der Waals surface area contributed by atoms with Crippen LogP contribution < -0.4 is 5.32 Å². The molecule has 0 fully saturated rings. The van der Waals surface area contributed by atoms with Crippen LogP contribution in [0, 0.1) is 13.8 Å². The van der Waals surface area contributed by atoms with Gasteiger partial charge in [-0.05, 0) is 13.8 Å². The molecule has 1 heterocycles. The molecular weight excluding hydrogens is 214 g/mol. The molecule has 5 heteroatoms. The van der Waals surface area contributed by atoms with Crippen molar-refractivity contribution in [3.63, 3.8) is 0 Å². The minimum atomic E-state index is -0.0586. The summed E-state index contributed by atoms with van der Waals surface area (Å²) in [5.74, 6) is 0.789. The predicted molar refractivity (Wildman–Crippen MR) is 61.5 cm³/mol. The Hall–Kier alpha value is -0.870. The molecule has 1 unspecified atom stereocenters. The first-order valence-corrected chi connectivity index (χ1v) is 5.24. The van der Waals surface area contributed by atoms with Crippen molar-refractivity contribution in [2.24, 2.45) is 0 Å². The Labute approximate surface area is 95.0 Å². The lowest BCUT2D eigenvalue weighted by Crippen LogP contribution is -2.20. The number of anilines is 1. The number of hydrogen-bond donors (Lipinski definition) is 1. The average Bonchev–Trinajstić information content (AvgIpc) is 2.20. The summed E-state index contributed by atoms with van der Waals surface area (Å²) in [5.41, 5.74) is 1.77. The van der Waals surface area contributed by atoms with Gasteiger partial charge in [0.15, 0.2) is 0 Å². The maximum Gasteiger partial charge on any atom is 0.147 e. The van der Waals surface area contributed by atoms with Gasteiger partial charge in [0.2, 0.25) is 0 Å². The van der Waals surface area contributed by atoms with Crippen LogP contribution in [0.1, 0.15) is 11.4 Å². The molecule has 0 bridgehead atoms. The van der Waals surface area contributed by atoms with E-state index in [9.17, 15) is 0 Å². The van der Waals surface area contributed by atoms with Crippen molar-refractivity contribution in [3.8, 4) is 0 Å². The number of ether oxygens (including phenoxy) is 1. The largest absolute Gasteiger partial charge is 0.383 e. The third-order valence-corrected chi connectivity index (χ3v) is 2.19. The molecule has 1 atom stereocenters. The predicted octanol–water partition coefficient (Wildman–Crippen LogP) is 1.76. The van der Waals surface area contributed by atoms with Crippen LogP contribution in [0.3, 0.4) is 0 Å². The number of hydrogen-bond acceptors (Lipinski definition) is 4. The van der Waals surface area contributed by atoms with Gasteiger partial charge in [0.05, 0.1) is 23.4 Å². The van der Waals surface area contributed by atoms with Crippen molar-refractivity contribution in [1.29, 1.82) is 0 Å². The van der Waals surface area contributed by atoms with E-state index in [1.807, 2.05) is 13.8 Å². The first-order chi connectivity index (χ1) is 7.13. The van der Waals surface area contributed by atoms with Gasteiger partial charge in [-0.2, -0.15) is 0 Å². The number of aromatic nitrogens is 2. The van der Waals surface area contributed by atoms with Crippen LogP contribution in [0.5, 0.6) is 0 Å². The number of alkyl halides is 1. The zero-order valence-corrected chi connectivity index (χ0v) is 10.0. The number of nitrogens with one attached hydrogen (secondary N) is 1. The maximum absolute atomic E-state index is 5.99. The van der Waals surface area contributed by atoms with Crippen molar-refractivity contribution in [2.45, 2.75) is 19.2 Å². The maximum atomic E-state index is 5.99. The Kier molecular flexibility index (Phi) is 4.78. The Bertz CT molecular complexity index is 320. The summed E-state index contributed by atoms with van der Waals surface area (Å²) < 4.78 is 4.94. The lowest BCUT2D eigenvalue weighted by molar-refractivity contribution is 0.200. The molecule has 1 rings (SSSR count). The van der Waals surface area contributed by atoms with Gasteiger partial charge in [0.25, 0.3) is 0 Å². The van der Waals surface area contributed by atoms with Gasteiger partial charge in [0.1, 0.15) is 5.82 Å². The van der Waals surface area contributed by atoms with Crippen molar-refractivity contribution in [3.05, 3.63) is 17.6 Å². The van der Waals surface area contributed by atoms with Crippen molar-refractivity contribution < 1.29 is 4.74 Å². The normalized spacial score (nSPS) is 12.5. The van der Waals surface area contributed by atoms with Crippen molar-refractivity contribution in [2.75, 3.05) is 25.6 Å². The van der Waals surface area contributed by atoms with Crippen LogP contribution in [0.15, 0.2) is 6.20 Å². The van der Waals surface area contributed by atoms with Gasteiger partial charge in [-0.15, -0.1) is 11.6 Å². The molecule has 0 aliphatic heterocycles. The lowest BCUT2D eigenvalue weighted by Gasteiger charge is -2.11. The molecular formula is C10H16ClN3O. The fourth-order valence-corrected chi connectivity index (χ4v) is 1.36. The number of halogens is 1. The van der Waals surface area contributed by atoms with E-state index in [0.717, 1.165) is 17.2 Å². The number of methoxy groups -OCH3 is 1. The summed E-state index contributed by atoms with van der Waals surface area (Å²) in [4.78, 5) is 8.53. The second-order valence-corrected chi connectivity index (χ2v) is 4.00. The van der Waals surface area contributed by atoms with E-state index in [1.54, 1.807) is 13.3 Å². The van der Waals surface area contributed by atoms with Crippen LogP contribution in [-0.4, -0.2) is 35.6 Å². The molecule has 0 saturated heterocycles. The van der Waals surface area contributed by atoms with E-state index >= 15 is 0 Å². The van der Waals surface area contributed by atoms with E-state index in [2.05, 4.69) is 15.3 Å². The molecule has 0 saturated carbocycles. The minimum absolute atomic E-state index is 0.0586. The monoisotopic (exact) mass is 229 g/mol. The highest BCUT2D eigenvalue weighted by molar-refractivity contribution is 6.21. The molecule has 0 aliphatic rings. The third kappa shape index (κ3) is 4.01. The quantitative estimate of drug-likeness (QED) is 0.782. The molecule has 0 spiro atoms. The van der Waals surface area contributed by atoms with Crippen LogP contribution in [0.4, 0.5) is 5.82 Å². The standard InChI is InChI=1S/C10H16ClN3O/c1-7-4-12-8(2)10(14-7)13-5-9(11)6-15-3/h4,9H,5-6H2,1-3H3,(H,13,14). The van der Waals surface area contributed by atoms with Crippen molar-refractivity contribution in [1.82, 2.24) is 9.97 Å². The molecule has 84 valence electrons. The van der Waals surface area contributed by atoms with E-state index in [0.29, 0.717) is 13.2 Å². The number of nitrogens with zero attached hydrogens (tertiary/aromatic N) is 2. The van der Waals surface area contributed by atoms with Gasteiger partial charge in [0, 0.05) is 19.9 Å². The highest BCUT2D eigenvalue weighted by Gasteiger charge is 2.06. The molecule has 0 aromatic carbocycles. The van der Waals surface area contributed by atoms with Crippen LogP contribution in [-0.2, 0) is 4.74 Å². The van der Waals surface area contributed by atoms with E-state index in [-0.39, 0.29) is 5.38 Å². The molecule has 15 heavy (non-hydrogen) atoms. The lowest BCUT2D eigenvalue weighted by atomic mass is 10.4. The highest BCUT2D eigenvalue weighted by atomic mass is 35.5. The first kappa shape index (κ1) is 12.2. The summed E-state index contributed by atoms with van der Waals surface area (Å²) in [5, 5.41) is 3.09. The Balaban J connectivity index is 2.53. The van der Waals surface area contributed by atoms with Crippen LogP contribution in [0.25, 0.3) is 0 Å². The summed E-state index contributed by atoms with van der Waals surface area (Å²) in [6.45, 7) is 4.96. The van der Waals surface area contributed by atoms with E-state index in [1.165, 1.54) is 0 Å². The van der Waals surface area contributed by atoms with Gasteiger partial charge < -0.3 is 10.1 Å². The topological polar surface area (TPSA) is 47.0 Å². The first-order valence-electron chi connectivity index (χ1n) is 4.80. The highest BCUT2D eigenvalue weighted by Crippen LogP contribution is 2.09. The summed E-state index contributed by atoms with van der Waals surface area (Å²) in [6, 6.07) is 0. The molecule has 1 aromatic rings. The molecule has 0 amide bonds. The Morgan fingerprint density at radius 3 is 2.93 bits per heavy atom. The average molecular weight is 230 g/mol. The fourth-order valence-electron chi connectivity index (χ4n) is 1.15. The van der Waals surface area contributed by atoms with E-state index < -0.39 is 0 Å². The SMILES string of the molecule is COCC(Cl)CNc1nc(C)cnc1C. The third-order valence-electron chi connectivity index (χ3n) is 1.91. The number of aryl methyl sites for hydroxylation is 2. The summed E-state index contributed by atoms with van der Waals surface area (Å²) >= 11 is 5.99.